The zero-order valence-corrected chi connectivity index (χ0v) is 18.9. The maximum atomic E-state index is 13.4. The maximum absolute atomic E-state index is 13.4. The molecular formula is C23H26FN3O4S. The van der Waals surface area contributed by atoms with Gasteiger partial charge in [-0.05, 0) is 74.1 Å². The van der Waals surface area contributed by atoms with E-state index in [1.54, 1.807) is 36.3 Å². The SMILES string of the molecule is CCOc1ccc(NC(=O)CC2C(=O)N(c3ccc(F)cc3)C(=S)N2CCCOC)cc1. The van der Waals surface area contributed by atoms with Crippen molar-refractivity contribution in [2.75, 3.05) is 37.1 Å². The molecule has 0 bridgehead atoms. The summed E-state index contributed by atoms with van der Waals surface area (Å²) in [6, 6.07) is 11.8. The van der Waals surface area contributed by atoms with Gasteiger partial charge >= 0.3 is 0 Å². The molecule has 7 nitrogen and oxygen atoms in total. The lowest BCUT2D eigenvalue weighted by Gasteiger charge is -2.23. The number of carbonyl (C=O) groups excluding carboxylic acids is 2. The van der Waals surface area contributed by atoms with Crippen molar-refractivity contribution >= 4 is 40.5 Å². The molecule has 9 heteroatoms. The van der Waals surface area contributed by atoms with Gasteiger partial charge in [0, 0.05) is 25.9 Å². The van der Waals surface area contributed by atoms with Crippen molar-refractivity contribution < 1.29 is 23.5 Å². The Morgan fingerprint density at radius 3 is 2.47 bits per heavy atom. The molecule has 1 fully saturated rings. The van der Waals surface area contributed by atoms with Crippen LogP contribution in [0.4, 0.5) is 15.8 Å². The highest BCUT2D eigenvalue weighted by atomic mass is 32.1. The summed E-state index contributed by atoms with van der Waals surface area (Å²) in [5.74, 6) is -0.329. The van der Waals surface area contributed by atoms with Crippen molar-refractivity contribution in [3.05, 3.63) is 54.3 Å². The van der Waals surface area contributed by atoms with E-state index in [1.807, 2.05) is 6.92 Å². The highest BCUT2D eigenvalue weighted by molar-refractivity contribution is 7.80. The maximum Gasteiger partial charge on any atom is 0.256 e. The quantitative estimate of drug-likeness (QED) is 0.433. The summed E-state index contributed by atoms with van der Waals surface area (Å²) in [7, 11) is 1.60. The number of nitrogens with one attached hydrogen (secondary N) is 1. The van der Waals surface area contributed by atoms with E-state index < -0.39 is 11.9 Å². The number of benzene rings is 2. The number of thiocarbonyl (C=S) groups is 1. The summed E-state index contributed by atoms with van der Waals surface area (Å²) >= 11 is 5.55. The molecule has 0 saturated carbocycles. The number of amides is 2. The third-order valence-corrected chi connectivity index (χ3v) is 5.40. The predicted molar refractivity (Wildman–Crippen MR) is 124 cm³/mol. The Labute approximate surface area is 192 Å². The van der Waals surface area contributed by atoms with Gasteiger partial charge in [-0.1, -0.05) is 0 Å². The lowest BCUT2D eigenvalue weighted by Crippen LogP contribution is -2.38. The molecule has 32 heavy (non-hydrogen) atoms. The zero-order valence-electron chi connectivity index (χ0n) is 18.0. The molecule has 1 unspecified atom stereocenters. The highest BCUT2D eigenvalue weighted by Crippen LogP contribution is 2.28. The molecule has 0 aliphatic carbocycles. The lowest BCUT2D eigenvalue weighted by molar-refractivity contribution is -0.124. The van der Waals surface area contributed by atoms with Crippen molar-refractivity contribution in [1.82, 2.24) is 4.90 Å². The topological polar surface area (TPSA) is 71.1 Å². The van der Waals surface area contributed by atoms with Crippen LogP contribution in [0.1, 0.15) is 19.8 Å². The molecule has 0 radical (unpaired) electrons. The summed E-state index contributed by atoms with van der Waals surface area (Å²) in [4.78, 5) is 29.1. The first-order valence-corrected chi connectivity index (χ1v) is 10.8. The Morgan fingerprint density at radius 2 is 1.84 bits per heavy atom. The van der Waals surface area contributed by atoms with Crippen LogP contribution < -0.4 is 15.0 Å². The smallest absolute Gasteiger partial charge is 0.256 e. The summed E-state index contributed by atoms with van der Waals surface area (Å²) in [5.41, 5.74) is 1.07. The molecule has 2 aromatic rings. The van der Waals surface area contributed by atoms with Crippen LogP contribution in [-0.4, -0.2) is 54.7 Å². The van der Waals surface area contributed by atoms with E-state index in [9.17, 15) is 14.0 Å². The van der Waals surface area contributed by atoms with E-state index in [4.69, 9.17) is 21.7 Å². The Morgan fingerprint density at radius 1 is 1.16 bits per heavy atom. The summed E-state index contributed by atoms with van der Waals surface area (Å²) in [6.45, 7) is 3.40. The van der Waals surface area contributed by atoms with E-state index >= 15 is 0 Å². The second-order valence-electron chi connectivity index (χ2n) is 7.20. The number of methoxy groups -OCH3 is 1. The van der Waals surface area contributed by atoms with Crippen LogP contribution in [0.2, 0.25) is 0 Å². The number of halogens is 1. The van der Waals surface area contributed by atoms with Gasteiger partial charge in [0.05, 0.1) is 18.7 Å². The average molecular weight is 460 g/mol. The summed E-state index contributed by atoms with van der Waals surface area (Å²) in [5, 5.41) is 3.10. The summed E-state index contributed by atoms with van der Waals surface area (Å²) < 4.78 is 23.9. The predicted octanol–water partition coefficient (Wildman–Crippen LogP) is 3.59. The van der Waals surface area contributed by atoms with Crippen molar-refractivity contribution in [2.24, 2.45) is 0 Å². The standard InChI is InChI=1S/C23H26FN3O4S/c1-3-31-19-11-7-17(8-12-19)25-21(28)15-20-22(29)27(18-9-5-16(24)6-10-18)23(32)26(20)13-4-14-30-2/h5-12,20H,3-4,13-15H2,1-2H3,(H,25,28). The van der Waals surface area contributed by atoms with Gasteiger partial charge in [-0.3, -0.25) is 14.5 Å². The number of nitrogens with zero attached hydrogens (tertiary/aromatic N) is 2. The molecule has 1 heterocycles. The fourth-order valence-electron chi connectivity index (χ4n) is 3.48. The molecule has 1 aliphatic rings. The van der Waals surface area contributed by atoms with Crippen molar-refractivity contribution in [3.8, 4) is 5.75 Å². The van der Waals surface area contributed by atoms with E-state index in [0.29, 0.717) is 43.3 Å². The minimum absolute atomic E-state index is 0.0726. The van der Waals surface area contributed by atoms with Gasteiger partial charge in [0.25, 0.3) is 5.91 Å². The molecule has 2 amide bonds. The molecule has 1 N–H and O–H groups in total. The average Bonchev–Trinajstić information content (AvgIpc) is 3.00. The number of rotatable bonds is 10. The third kappa shape index (κ3) is 5.60. The van der Waals surface area contributed by atoms with Crippen LogP contribution >= 0.6 is 12.2 Å². The van der Waals surface area contributed by atoms with Gasteiger partial charge in [0.2, 0.25) is 5.91 Å². The molecule has 1 saturated heterocycles. The van der Waals surface area contributed by atoms with E-state index in [1.165, 1.54) is 29.2 Å². The number of anilines is 2. The zero-order chi connectivity index (χ0) is 23.1. The molecule has 0 spiro atoms. The fraction of sp³-hybridized carbons (Fsp3) is 0.348. The van der Waals surface area contributed by atoms with Gasteiger partial charge in [-0.25, -0.2) is 4.39 Å². The second-order valence-corrected chi connectivity index (χ2v) is 7.56. The van der Waals surface area contributed by atoms with E-state index in [0.717, 1.165) is 0 Å². The first-order chi connectivity index (χ1) is 15.4. The first kappa shape index (κ1) is 23.6. The third-order valence-electron chi connectivity index (χ3n) is 4.98. The highest BCUT2D eigenvalue weighted by Gasteiger charge is 2.43. The molecule has 3 rings (SSSR count). The molecule has 0 aromatic heterocycles. The van der Waals surface area contributed by atoms with Crippen LogP contribution in [0.3, 0.4) is 0 Å². The van der Waals surface area contributed by atoms with Gasteiger partial charge in [0.15, 0.2) is 5.11 Å². The molecule has 2 aromatic carbocycles. The van der Waals surface area contributed by atoms with Gasteiger partial charge in [-0.2, -0.15) is 0 Å². The van der Waals surface area contributed by atoms with Crippen LogP contribution in [0.5, 0.6) is 5.75 Å². The van der Waals surface area contributed by atoms with Crippen LogP contribution in [0.15, 0.2) is 48.5 Å². The molecule has 170 valence electrons. The Balaban J connectivity index is 1.74. The Hall–Kier alpha value is -3.04. The first-order valence-electron chi connectivity index (χ1n) is 10.4. The number of ether oxygens (including phenoxy) is 2. The molecule has 1 aliphatic heterocycles. The minimum atomic E-state index is -0.757. The normalized spacial score (nSPS) is 15.9. The molecule has 1 atom stereocenters. The van der Waals surface area contributed by atoms with E-state index in [-0.39, 0.29) is 23.3 Å². The van der Waals surface area contributed by atoms with Crippen molar-refractivity contribution in [2.45, 2.75) is 25.8 Å². The van der Waals surface area contributed by atoms with Gasteiger partial charge in [-0.15, -0.1) is 0 Å². The van der Waals surface area contributed by atoms with E-state index in [2.05, 4.69) is 5.32 Å². The van der Waals surface area contributed by atoms with Gasteiger partial charge < -0.3 is 19.7 Å². The van der Waals surface area contributed by atoms with Gasteiger partial charge in [0.1, 0.15) is 17.6 Å². The van der Waals surface area contributed by atoms with Crippen LogP contribution in [0.25, 0.3) is 0 Å². The lowest BCUT2D eigenvalue weighted by atomic mass is 10.1. The minimum Gasteiger partial charge on any atom is -0.494 e. The number of hydrogen-bond acceptors (Lipinski definition) is 5. The number of hydrogen-bond donors (Lipinski definition) is 1. The number of carbonyl (C=O) groups is 2. The monoisotopic (exact) mass is 459 g/mol. The fourth-order valence-corrected chi connectivity index (χ4v) is 3.90. The van der Waals surface area contributed by atoms with Crippen LogP contribution in [-0.2, 0) is 14.3 Å². The Kier molecular flexibility index (Phi) is 8.13. The molecular weight excluding hydrogens is 433 g/mol. The summed E-state index contributed by atoms with van der Waals surface area (Å²) in [6.07, 6.45) is 0.565. The van der Waals surface area contributed by atoms with Crippen molar-refractivity contribution in [1.29, 1.82) is 0 Å². The Bertz CT molecular complexity index is 953. The second kappa shape index (κ2) is 11.0. The van der Waals surface area contributed by atoms with Crippen LogP contribution in [0, 0.1) is 5.82 Å². The van der Waals surface area contributed by atoms with Crippen molar-refractivity contribution in [3.63, 3.8) is 0 Å². The largest absolute Gasteiger partial charge is 0.494 e.